The smallest absolute Gasteiger partial charge is 0.256 e. The van der Waals surface area contributed by atoms with Gasteiger partial charge in [-0.05, 0) is 55.0 Å². The second-order valence-electron chi connectivity index (χ2n) is 8.98. The molecule has 2 aromatic heterocycles. The van der Waals surface area contributed by atoms with Gasteiger partial charge >= 0.3 is 0 Å². The van der Waals surface area contributed by atoms with Crippen molar-refractivity contribution < 1.29 is 4.79 Å². The standard InChI is InChI=1S/C24H23ClN6OS/c1-15-3-2-4-20(31-26-7-8-27-31)22(15)23(32)29-11-16-9-17(12-29)14-30(13-16)24-28-19-6-5-18(25)10-21(19)33-24/h2-8,10,16-17H,9,11-14H2,1H3. The summed E-state index contributed by atoms with van der Waals surface area (Å²) < 4.78 is 1.12. The minimum atomic E-state index is 0.0678. The second-order valence-corrected chi connectivity index (χ2v) is 10.4. The summed E-state index contributed by atoms with van der Waals surface area (Å²) in [6.45, 7) is 5.31. The minimum Gasteiger partial charge on any atom is -0.347 e. The van der Waals surface area contributed by atoms with Crippen molar-refractivity contribution in [3.8, 4) is 5.69 Å². The third-order valence-electron chi connectivity index (χ3n) is 6.58. The Bertz CT molecular complexity index is 1320. The molecule has 0 saturated carbocycles. The number of hydrogen-bond acceptors (Lipinski definition) is 6. The lowest BCUT2D eigenvalue weighted by Crippen LogP contribution is -2.54. The zero-order valence-electron chi connectivity index (χ0n) is 18.2. The molecule has 7 nitrogen and oxygen atoms in total. The number of anilines is 1. The van der Waals surface area contributed by atoms with Crippen molar-refractivity contribution in [2.45, 2.75) is 13.3 Å². The Morgan fingerprint density at radius 1 is 1.06 bits per heavy atom. The number of carbonyl (C=O) groups is 1. The van der Waals surface area contributed by atoms with Crippen LogP contribution in [0.4, 0.5) is 5.13 Å². The molecule has 0 N–H and O–H groups in total. The number of thiazole rings is 1. The minimum absolute atomic E-state index is 0.0678. The number of aromatic nitrogens is 4. The van der Waals surface area contributed by atoms with E-state index < -0.39 is 0 Å². The van der Waals surface area contributed by atoms with Crippen molar-refractivity contribution in [1.29, 1.82) is 0 Å². The molecular weight excluding hydrogens is 456 g/mol. The lowest BCUT2D eigenvalue weighted by atomic mass is 9.84. The molecule has 6 rings (SSSR count). The fourth-order valence-corrected chi connectivity index (χ4v) is 6.48. The van der Waals surface area contributed by atoms with Gasteiger partial charge in [0.25, 0.3) is 5.91 Å². The Kier molecular flexibility index (Phi) is 5.07. The molecule has 9 heteroatoms. The molecule has 2 aliphatic heterocycles. The fraction of sp³-hybridized carbons (Fsp3) is 0.333. The van der Waals surface area contributed by atoms with Crippen molar-refractivity contribution in [1.82, 2.24) is 24.9 Å². The maximum absolute atomic E-state index is 13.7. The lowest BCUT2D eigenvalue weighted by Gasteiger charge is -2.46. The van der Waals surface area contributed by atoms with Crippen molar-refractivity contribution >= 4 is 44.2 Å². The average molecular weight is 479 g/mol. The molecule has 2 aromatic carbocycles. The molecule has 2 bridgehead atoms. The van der Waals surface area contributed by atoms with Gasteiger partial charge in [0.05, 0.1) is 33.9 Å². The highest BCUT2D eigenvalue weighted by molar-refractivity contribution is 7.22. The number of benzene rings is 2. The summed E-state index contributed by atoms with van der Waals surface area (Å²) in [6, 6.07) is 11.7. The van der Waals surface area contributed by atoms with Gasteiger partial charge in [-0.2, -0.15) is 15.0 Å². The number of amides is 1. The van der Waals surface area contributed by atoms with E-state index in [4.69, 9.17) is 16.6 Å². The zero-order chi connectivity index (χ0) is 22.5. The molecule has 4 aromatic rings. The van der Waals surface area contributed by atoms with E-state index in [1.54, 1.807) is 23.7 Å². The third-order valence-corrected chi connectivity index (χ3v) is 7.89. The van der Waals surface area contributed by atoms with E-state index in [9.17, 15) is 4.79 Å². The maximum Gasteiger partial charge on any atom is 0.256 e. The van der Waals surface area contributed by atoms with Crippen LogP contribution in [0.5, 0.6) is 0 Å². The number of hydrogen-bond donors (Lipinski definition) is 0. The summed E-state index contributed by atoms with van der Waals surface area (Å²) in [4.78, 5) is 24.5. The predicted molar refractivity (Wildman–Crippen MR) is 130 cm³/mol. The number of aryl methyl sites for hydroxylation is 1. The Morgan fingerprint density at radius 2 is 1.82 bits per heavy atom. The summed E-state index contributed by atoms with van der Waals surface area (Å²) >= 11 is 7.86. The van der Waals surface area contributed by atoms with E-state index in [0.29, 0.717) is 17.4 Å². The van der Waals surface area contributed by atoms with E-state index in [2.05, 4.69) is 15.1 Å². The summed E-state index contributed by atoms with van der Waals surface area (Å²) in [5, 5.41) is 10.3. The number of carbonyl (C=O) groups excluding carboxylic acids is 1. The molecule has 2 atom stereocenters. The van der Waals surface area contributed by atoms with Crippen LogP contribution in [0.25, 0.3) is 15.9 Å². The van der Waals surface area contributed by atoms with Crippen LogP contribution in [0.3, 0.4) is 0 Å². The van der Waals surface area contributed by atoms with Gasteiger partial charge in [-0.15, -0.1) is 0 Å². The highest BCUT2D eigenvalue weighted by atomic mass is 35.5. The first-order chi connectivity index (χ1) is 16.0. The summed E-state index contributed by atoms with van der Waals surface area (Å²) in [5.74, 6) is 0.915. The predicted octanol–water partition coefficient (Wildman–Crippen LogP) is 4.44. The molecule has 0 spiro atoms. The van der Waals surface area contributed by atoms with Crippen molar-refractivity contribution in [2.75, 3.05) is 31.1 Å². The second kappa shape index (κ2) is 8.11. The summed E-state index contributed by atoms with van der Waals surface area (Å²) in [6.07, 6.45) is 4.41. The monoisotopic (exact) mass is 478 g/mol. The number of likely N-dealkylation sites (tertiary alicyclic amines) is 1. The van der Waals surface area contributed by atoms with Crippen LogP contribution in [0.2, 0.25) is 5.02 Å². The molecule has 2 aliphatic rings. The largest absolute Gasteiger partial charge is 0.347 e. The Labute approximate surface area is 200 Å². The van der Waals surface area contributed by atoms with Gasteiger partial charge in [0, 0.05) is 31.2 Å². The Balaban J connectivity index is 1.24. The number of rotatable bonds is 3. The maximum atomic E-state index is 13.7. The van der Waals surface area contributed by atoms with Gasteiger partial charge in [-0.1, -0.05) is 35.1 Å². The van der Waals surface area contributed by atoms with Gasteiger partial charge < -0.3 is 9.80 Å². The summed E-state index contributed by atoms with van der Waals surface area (Å²) in [5.41, 5.74) is 3.36. The van der Waals surface area contributed by atoms with Crippen LogP contribution in [0.1, 0.15) is 22.3 Å². The number of fused-ring (bicyclic) bond motifs is 3. The van der Waals surface area contributed by atoms with Crippen LogP contribution in [-0.2, 0) is 0 Å². The number of halogens is 1. The van der Waals surface area contributed by atoms with Crippen LogP contribution in [0.15, 0.2) is 48.8 Å². The molecule has 168 valence electrons. The number of nitrogens with zero attached hydrogens (tertiary/aromatic N) is 6. The molecule has 4 heterocycles. The van der Waals surface area contributed by atoms with Crippen LogP contribution in [-0.4, -0.2) is 57.0 Å². The van der Waals surface area contributed by atoms with Crippen molar-refractivity contribution in [2.24, 2.45) is 11.8 Å². The van der Waals surface area contributed by atoms with Crippen LogP contribution >= 0.6 is 22.9 Å². The molecule has 2 unspecified atom stereocenters. The molecule has 2 fully saturated rings. The van der Waals surface area contributed by atoms with Gasteiger partial charge in [0.2, 0.25) is 0 Å². The quantitative estimate of drug-likeness (QED) is 0.435. The molecule has 1 amide bonds. The van der Waals surface area contributed by atoms with Gasteiger partial charge in [-0.25, -0.2) is 4.98 Å². The molecule has 2 saturated heterocycles. The first-order valence-electron chi connectivity index (χ1n) is 11.1. The molecular formula is C24H23ClN6OS. The molecule has 33 heavy (non-hydrogen) atoms. The topological polar surface area (TPSA) is 67.2 Å². The van der Waals surface area contributed by atoms with Crippen LogP contribution < -0.4 is 4.90 Å². The van der Waals surface area contributed by atoms with Crippen molar-refractivity contribution in [3.63, 3.8) is 0 Å². The highest BCUT2D eigenvalue weighted by Crippen LogP contribution is 2.36. The zero-order valence-corrected chi connectivity index (χ0v) is 19.8. The van der Waals surface area contributed by atoms with Crippen molar-refractivity contribution in [3.05, 3.63) is 64.9 Å². The lowest BCUT2D eigenvalue weighted by molar-refractivity contribution is 0.0564. The van der Waals surface area contributed by atoms with Gasteiger partial charge in [0.1, 0.15) is 0 Å². The van der Waals surface area contributed by atoms with Gasteiger partial charge in [-0.3, -0.25) is 4.79 Å². The van der Waals surface area contributed by atoms with E-state index in [1.165, 1.54) is 4.80 Å². The van der Waals surface area contributed by atoms with Gasteiger partial charge in [0.15, 0.2) is 5.13 Å². The van der Waals surface area contributed by atoms with E-state index in [0.717, 1.165) is 64.2 Å². The highest BCUT2D eigenvalue weighted by Gasteiger charge is 2.38. The Hall–Kier alpha value is -2.97. The molecule has 0 aliphatic carbocycles. The summed E-state index contributed by atoms with van der Waals surface area (Å²) in [7, 11) is 0. The Morgan fingerprint density at radius 3 is 2.58 bits per heavy atom. The van der Waals surface area contributed by atoms with E-state index in [-0.39, 0.29) is 5.91 Å². The first-order valence-corrected chi connectivity index (χ1v) is 12.3. The first kappa shape index (κ1) is 20.6. The average Bonchev–Trinajstić information content (AvgIpc) is 3.47. The van der Waals surface area contributed by atoms with Crippen LogP contribution in [0, 0.1) is 18.8 Å². The fourth-order valence-electron chi connectivity index (χ4n) is 5.22. The SMILES string of the molecule is Cc1cccc(-n2nccn2)c1C(=O)N1CC2CC(C1)CN(c1nc3ccc(Cl)cc3s1)C2. The van der Waals surface area contributed by atoms with E-state index in [1.807, 2.05) is 48.2 Å². The third kappa shape index (κ3) is 3.77. The molecule has 0 radical (unpaired) electrons. The number of piperidine rings is 2. The normalized spacial score (nSPS) is 20.4. The van der Waals surface area contributed by atoms with E-state index >= 15 is 0 Å².